The number of hydrogen-bond donors (Lipinski definition) is 4. The molecule has 0 radical (unpaired) electrons. The molecule has 1 saturated heterocycles. The molecule has 2 aromatic carbocycles. The van der Waals surface area contributed by atoms with E-state index in [1.165, 1.54) is 0 Å². The lowest BCUT2D eigenvalue weighted by molar-refractivity contribution is -0.117. The van der Waals surface area contributed by atoms with Crippen molar-refractivity contribution in [3.05, 3.63) is 59.8 Å². The molecule has 0 unspecified atom stereocenters. The van der Waals surface area contributed by atoms with Gasteiger partial charge in [0.15, 0.2) is 10.8 Å². The number of aromatic nitrogens is 1. The van der Waals surface area contributed by atoms with Crippen molar-refractivity contribution < 1.29 is 19.1 Å². The SMILES string of the molecule is COc1ccc(Nc2nc(C(N)=O)c(NC(=O)c3ccc(NC(=O)CN4CCN(C)CC4)cc3)s2)cc1. The number of benzene rings is 2. The molecule has 4 rings (SSSR count). The molecular weight excluding hydrogens is 494 g/mol. The van der Waals surface area contributed by atoms with E-state index in [-0.39, 0.29) is 16.6 Å². The van der Waals surface area contributed by atoms with Crippen LogP contribution in [0.4, 0.5) is 21.5 Å². The Morgan fingerprint density at radius 1 is 0.973 bits per heavy atom. The van der Waals surface area contributed by atoms with Crippen LogP contribution in [0.5, 0.6) is 5.75 Å². The number of methoxy groups -OCH3 is 1. The number of piperazine rings is 1. The molecule has 1 aromatic heterocycles. The van der Waals surface area contributed by atoms with Gasteiger partial charge >= 0.3 is 0 Å². The number of anilines is 4. The second-order valence-electron chi connectivity index (χ2n) is 8.57. The molecule has 194 valence electrons. The monoisotopic (exact) mass is 523 g/mol. The van der Waals surface area contributed by atoms with E-state index in [1.807, 2.05) is 0 Å². The van der Waals surface area contributed by atoms with Gasteiger partial charge in [-0.3, -0.25) is 19.3 Å². The lowest BCUT2D eigenvalue weighted by atomic mass is 10.2. The molecule has 0 atom stereocenters. The average molecular weight is 524 g/mol. The van der Waals surface area contributed by atoms with Crippen LogP contribution in [-0.4, -0.2) is 79.4 Å². The first kappa shape index (κ1) is 26.1. The highest BCUT2D eigenvalue weighted by Crippen LogP contribution is 2.31. The van der Waals surface area contributed by atoms with Gasteiger partial charge in [0.2, 0.25) is 5.91 Å². The van der Waals surface area contributed by atoms with Crippen LogP contribution in [0.2, 0.25) is 0 Å². The molecule has 12 heteroatoms. The maximum Gasteiger partial charge on any atom is 0.270 e. The zero-order chi connectivity index (χ0) is 26.4. The molecule has 0 bridgehead atoms. The van der Waals surface area contributed by atoms with E-state index < -0.39 is 11.8 Å². The number of nitrogens with one attached hydrogen (secondary N) is 3. The van der Waals surface area contributed by atoms with Crippen LogP contribution in [0.15, 0.2) is 48.5 Å². The van der Waals surface area contributed by atoms with Crippen molar-refractivity contribution >= 4 is 50.6 Å². The fraction of sp³-hybridized carbons (Fsp3) is 0.280. The summed E-state index contributed by atoms with van der Waals surface area (Å²) in [6.45, 7) is 3.90. The van der Waals surface area contributed by atoms with Gasteiger partial charge in [0, 0.05) is 43.1 Å². The third-order valence-corrected chi connectivity index (χ3v) is 6.71. The van der Waals surface area contributed by atoms with Gasteiger partial charge in [-0.05, 0) is 55.6 Å². The highest BCUT2D eigenvalue weighted by molar-refractivity contribution is 7.20. The maximum absolute atomic E-state index is 12.8. The first-order chi connectivity index (χ1) is 17.8. The van der Waals surface area contributed by atoms with E-state index in [1.54, 1.807) is 55.6 Å². The first-order valence-corrected chi connectivity index (χ1v) is 12.5. The molecule has 5 N–H and O–H groups in total. The summed E-state index contributed by atoms with van der Waals surface area (Å²) >= 11 is 1.09. The quantitative estimate of drug-likeness (QED) is 0.335. The second-order valence-corrected chi connectivity index (χ2v) is 9.57. The van der Waals surface area contributed by atoms with Crippen LogP contribution >= 0.6 is 11.3 Å². The minimum Gasteiger partial charge on any atom is -0.497 e. The van der Waals surface area contributed by atoms with Gasteiger partial charge in [-0.2, -0.15) is 0 Å². The van der Waals surface area contributed by atoms with Gasteiger partial charge in [-0.1, -0.05) is 11.3 Å². The van der Waals surface area contributed by atoms with E-state index in [4.69, 9.17) is 10.5 Å². The van der Waals surface area contributed by atoms with Crippen molar-refractivity contribution in [3.63, 3.8) is 0 Å². The Morgan fingerprint density at radius 2 is 1.62 bits per heavy atom. The van der Waals surface area contributed by atoms with Gasteiger partial charge in [-0.25, -0.2) is 4.98 Å². The van der Waals surface area contributed by atoms with E-state index in [9.17, 15) is 14.4 Å². The van der Waals surface area contributed by atoms with Crippen LogP contribution < -0.4 is 26.4 Å². The summed E-state index contributed by atoms with van der Waals surface area (Å²) in [5, 5.41) is 9.29. The molecule has 0 spiro atoms. The number of nitrogens with two attached hydrogens (primary N) is 1. The number of hydrogen-bond acceptors (Lipinski definition) is 9. The fourth-order valence-electron chi connectivity index (χ4n) is 3.71. The second kappa shape index (κ2) is 11.8. The molecular formula is C25H29N7O4S. The van der Waals surface area contributed by atoms with Crippen molar-refractivity contribution in [2.24, 2.45) is 5.73 Å². The predicted octanol–water partition coefficient (Wildman–Crippen LogP) is 2.43. The largest absolute Gasteiger partial charge is 0.497 e. The Hall–Kier alpha value is -4.00. The molecule has 1 fully saturated rings. The summed E-state index contributed by atoms with van der Waals surface area (Å²) in [7, 11) is 3.65. The van der Waals surface area contributed by atoms with Gasteiger partial charge in [0.25, 0.3) is 11.8 Å². The zero-order valence-electron chi connectivity index (χ0n) is 20.6. The molecule has 1 aliphatic heterocycles. The summed E-state index contributed by atoms with van der Waals surface area (Å²) in [6.07, 6.45) is 0. The summed E-state index contributed by atoms with van der Waals surface area (Å²) < 4.78 is 5.15. The van der Waals surface area contributed by atoms with Crippen LogP contribution in [-0.2, 0) is 4.79 Å². The van der Waals surface area contributed by atoms with E-state index in [0.29, 0.717) is 28.7 Å². The van der Waals surface area contributed by atoms with Crippen molar-refractivity contribution in [3.8, 4) is 5.75 Å². The smallest absolute Gasteiger partial charge is 0.270 e. The lowest BCUT2D eigenvalue weighted by Gasteiger charge is -2.31. The van der Waals surface area contributed by atoms with Gasteiger partial charge in [0.05, 0.1) is 13.7 Å². The molecule has 37 heavy (non-hydrogen) atoms. The average Bonchev–Trinajstić information content (AvgIpc) is 3.28. The summed E-state index contributed by atoms with van der Waals surface area (Å²) in [6, 6.07) is 13.7. The maximum atomic E-state index is 12.8. The zero-order valence-corrected chi connectivity index (χ0v) is 21.4. The Morgan fingerprint density at radius 3 is 2.24 bits per heavy atom. The lowest BCUT2D eigenvalue weighted by Crippen LogP contribution is -2.47. The highest BCUT2D eigenvalue weighted by Gasteiger charge is 2.20. The number of amides is 3. The van der Waals surface area contributed by atoms with Crippen LogP contribution in [0.3, 0.4) is 0 Å². The normalized spacial score (nSPS) is 14.1. The molecule has 1 aliphatic rings. The van der Waals surface area contributed by atoms with Crippen molar-refractivity contribution in [2.75, 3.05) is 62.8 Å². The van der Waals surface area contributed by atoms with Gasteiger partial charge in [-0.15, -0.1) is 0 Å². The van der Waals surface area contributed by atoms with Crippen molar-refractivity contribution in [1.29, 1.82) is 0 Å². The van der Waals surface area contributed by atoms with Crippen molar-refractivity contribution in [2.45, 2.75) is 0 Å². The minimum absolute atomic E-state index is 0.0397. The van der Waals surface area contributed by atoms with Crippen LogP contribution in [0.25, 0.3) is 0 Å². The Bertz CT molecular complexity index is 1250. The summed E-state index contributed by atoms with van der Waals surface area (Å²) in [4.78, 5) is 45.7. The number of likely N-dealkylation sites (N-methyl/N-ethyl adjacent to an activating group) is 1. The standard InChI is InChI=1S/C25H29N7O4S/c1-31-11-13-32(14-12-31)15-20(33)27-17-5-3-16(4-6-17)23(35)30-24-21(22(26)34)29-25(37-24)28-18-7-9-19(36-2)10-8-18/h3-10H,11-15H2,1-2H3,(H2,26,34)(H,27,33)(H,28,29)(H,30,35). The third-order valence-electron chi connectivity index (χ3n) is 5.82. The van der Waals surface area contributed by atoms with E-state index >= 15 is 0 Å². The third kappa shape index (κ3) is 7.03. The highest BCUT2D eigenvalue weighted by atomic mass is 32.1. The van der Waals surface area contributed by atoms with Gasteiger partial charge < -0.3 is 31.3 Å². The number of rotatable bonds is 9. The molecule has 11 nitrogen and oxygen atoms in total. The summed E-state index contributed by atoms with van der Waals surface area (Å²) in [5.41, 5.74) is 7.11. The topological polar surface area (TPSA) is 142 Å². The van der Waals surface area contributed by atoms with E-state index in [2.05, 4.69) is 37.8 Å². The Kier molecular flexibility index (Phi) is 8.33. The number of thiazole rings is 1. The number of primary amides is 1. The fourth-order valence-corrected chi connectivity index (χ4v) is 4.60. The molecule has 2 heterocycles. The molecule has 0 aliphatic carbocycles. The van der Waals surface area contributed by atoms with Gasteiger partial charge in [0.1, 0.15) is 10.8 Å². The van der Waals surface area contributed by atoms with Crippen LogP contribution in [0, 0.1) is 0 Å². The Labute approximate surface area is 218 Å². The number of carbonyl (C=O) groups is 3. The first-order valence-electron chi connectivity index (χ1n) is 11.6. The molecule has 3 amide bonds. The predicted molar refractivity (Wildman–Crippen MR) is 144 cm³/mol. The Balaban J connectivity index is 1.36. The summed E-state index contributed by atoms with van der Waals surface area (Å²) in [5.74, 6) is -0.587. The molecule has 0 saturated carbocycles. The van der Waals surface area contributed by atoms with Crippen molar-refractivity contribution in [1.82, 2.24) is 14.8 Å². The number of nitrogens with zero attached hydrogens (tertiary/aromatic N) is 3. The minimum atomic E-state index is -0.757. The molecule has 3 aromatic rings. The number of carbonyl (C=O) groups excluding carboxylic acids is 3. The van der Waals surface area contributed by atoms with E-state index in [0.717, 1.165) is 43.2 Å². The van der Waals surface area contributed by atoms with Crippen LogP contribution in [0.1, 0.15) is 20.8 Å². The number of ether oxygens (including phenoxy) is 1.